The Morgan fingerprint density at radius 1 is 1.17 bits per heavy atom. The van der Waals surface area contributed by atoms with Gasteiger partial charge in [0.05, 0.1) is 6.54 Å². The number of rotatable bonds is 3. The summed E-state index contributed by atoms with van der Waals surface area (Å²) in [6.07, 6.45) is 1.64. The van der Waals surface area contributed by atoms with Gasteiger partial charge in [0.1, 0.15) is 5.75 Å². The predicted octanol–water partition coefficient (Wildman–Crippen LogP) is 3.47. The second-order valence-corrected chi connectivity index (χ2v) is 5.63. The minimum Gasteiger partial charge on any atom is -0.507 e. The molecular formula is C19H18N2O2. The Bertz CT molecular complexity index is 955. The number of aromatic amines is 1. The number of aromatic hydroxyl groups is 1. The minimum atomic E-state index is -0.109. The van der Waals surface area contributed by atoms with Gasteiger partial charge in [-0.05, 0) is 42.3 Å². The van der Waals surface area contributed by atoms with Crippen LogP contribution in [0.15, 0.2) is 52.3 Å². The van der Waals surface area contributed by atoms with Crippen LogP contribution >= 0.6 is 0 Å². The molecule has 0 bridgehead atoms. The van der Waals surface area contributed by atoms with Gasteiger partial charge < -0.3 is 10.1 Å². The van der Waals surface area contributed by atoms with E-state index in [2.05, 4.69) is 9.98 Å². The summed E-state index contributed by atoms with van der Waals surface area (Å²) < 4.78 is 0. The predicted molar refractivity (Wildman–Crippen MR) is 93.4 cm³/mol. The lowest BCUT2D eigenvalue weighted by Crippen LogP contribution is -2.15. The lowest BCUT2D eigenvalue weighted by Gasteiger charge is -2.05. The van der Waals surface area contributed by atoms with E-state index in [4.69, 9.17) is 0 Å². The van der Waals surface area contributed by atoms with Crippen LogP contribution in [-0.2, 0) is 6.54 Å². The highest BCUT2D eigenvalue weighted by Gasteiger charge is 2.06. The second-order valence-electron chi connectivity index (χ2n) is 5.63. The normalized spacial score (nSPS) is 11.4. The van der Waals surface area contributed by atoms with E-state index in [1.165, 1.54) is 0 Å². The third kappa shape index (κ3) is 3.01. The number of benzene rings is 2. The van der Waals surface area contributed by atoms with Crippen molar-refractivity contribution >= 4 is 17.0 Å². The molecule has 2 N–H and O–H groups in total. The van der Waals surface area contributed by atoms with Crippen LogP contribution in [0.4, 0.5) is 0 Å². The van der Waals surface area contributed by atoms with Crippen LogP contribution in [0.25, 0.3) is 10.8 Å². The summed E-state index contributed by atoms with van der Waals surface area (Å²) in [5.41, 5.74) is 2.97. The van der Waals surface area contributed by atoms with Crippen LogP contribution in [0.5, 0.6) is 5.75 Å². The van der Waals surface area contributed by atoms with Crippen molar-refractivity contribution in [1.29, 1.82) is 0 Å². The molecule has 0 radical (unpaired) electrons. The zero-order valence-electron chi connectivity index (χ0n) is 13.1. The Morgan fingerprint density at radius 2 is 1.96 bits per heavy atom. The lowest BCUT2D eigenvalue weighted by atomic mass is 10.0. The number of aryl methyl sites for hydroxylation is 2. The van der Waals surface area contributed by atoms with Crippen molar-refractivity contribution in [3.8, 4) is 5.75 Å². The molecule has 116 valence electrons. The van der Waals surface area contributed by atoms with Gasteiger partial charge in [0.2, 0.25) is 0 Å². The molecule has 0 unspecified atom stereocenters. The SMILES string of the molecule is Cc1cc(C)c(CN=Cc2c(O)ccc3ccccc23)c(=O)[nH]1. The molecular weight excluding hydrogens is 288 g/mol. The van der Waals surface area contributed by atoms with E-state index in [1.54, 1.807) is 12.3 Å². The molecule has 4 heteroatoms. The molecule has 0 atom stereocenters. The van der Waals surface area contributed by atoms with Crippen LogP contribution in [-0.4, -0.2) is 16.3 Å². The number of aromatic nitrogens is 1. The van der Waals surface area contributed by atoms with E-state index in [-0.39, 0.29) is 17.9 Å². The van der Waals surface area contributed by atoms with Crippen LogP contribution in [0.1, 0.15) is 22.4 Å². The highest BCUT2D eigenvalue weighted by molar-refractivity contribution is 6.02. The van der Waals surface area contributed by atoms with Crippen molar-refractivity contribution in [1.82, 2.24) is 4.98 Å². The molecule has 3 rings (SSSR count). The number of pyridine rings is 1. The van der Waals surface area contributed by atoms with E-state index >= 15 is 0 Å². The van der Waals surface area contributed by atoms with Crippen molar-refractivity contribution in [2.75, 3.05) is 0 Å². The smallest absolute Gasteiger partial charge is 0.253 e. The molecule has 4 nitrogen and oxygen atoms in total. The minimum absolute atomic E-state index is 0.109. The van der Waals surface area contributed by atoms with Gasteiger partial charge in [-0.15, -0.1) is 0 Å². The van der Waals surface area contributed by atoms with Gasteiger partial charge in [-0.25, -0.2) is 0 Å². The average molecular weight is 306 g/mol. The van der Waals surface area contributed by atoms with Gasteiger partial charge in [0.15, 0.2) is 0 Å². The quantitative estimate of drug-likeness (QED) is 0.728. The van der Waals surface area contributed by atoms with E-state index in [9.17, 15) is 9.90 Å². The van der Waals surface area contributed by atoms with Gasteiger partial charge in [-0.1, -0.05) is 30.3 Å². The molecule has 0 aliphatic heterocycles. The van der Waals surface area contributed by atoms with Gasteiger partial charge in [-0.2, -0.15) is 0 Å². The molecule has 3 aromatic rings. The fourth-order valence-electron chi connectivity index (χ4n) is 2.73. The number of phenolic OH excluding ortho intramolecular Hbond substituents is 1. The van der Waals surface area contributed by atoms with E-state index in [1.807, 2.05) is 50.2 Å². The summed E-state index contributed by atoms with van der Waals surface area (Å²) in [6, 6.07) is 13.3. The molecule has 2 aromatic carbocycles. The summed E-state index contributed by atoms with van der Waals surface area (Å²) >= 11 is 0. The van der Waals surface area contributed by atoms with Gasteiger partial charge in [-0.3, -0.25) is 9.79 Å². The first-order valence-electron chi connectivity index (χ1n) is 7.46. The van der Waals surface area contributed by atoms with Crippen molar-refractivity contribution in [3.05, 3.63) is 75.2 Å². The number of hydrogen-bond acceptors (Lipinski definition) is 3. The Labute approximate surface area is 134 Å². The Balaban J connectivity index is 1.96. The average Bonchev–Trinajstić information content (AvgIpc) is 2.51. The van der Waals surface area contributed by atoms with Gasteiger partial charge >= 0.3 is 0 Å². The third-order valence-corrected chi connectivity index (χ3v) is 3.91. The van der Waals surface area contributed by atoms with Crippen molar-refractivity contribution in [2.24, 2.45) is 4.99 Å². The number of aliphatic imine (C=N–C) groups is 1. The maximum absolute atomic E-state index is 12.0. The van der Waals surface area contributed by atoms with Gasteiger partial charge in [0.25, 0.3) is 5.56 Å². The highest BCUT2D eigenvalue weighted by Crippen LogP contribution is 2.25. The first-order valence-corrected chi connectivity index (χ1v) is 7.46. The van der Waals surface area contributed by atoms with E-state index in [0.29, 0.717) is 11.1 Å². The third-order valence-electron chi connectivity index (χ3n) is 3.91. The van der Waals surface area contributed by atoms with E-state index < -0.39 is 0 Å². The van der Waals surface area contributed by atoms with Gasteiger partial charge in [0, 0.05) is 23.0 Å². The number of hydrogen-bond donors (Lipinski definition) is 2. The Hall–Kier alpha value is -2.88. The van der Waals surface area contributed by atoms with Crippen LogP contribution in [0, 0.1) is 13.8 Å². The molecule has 0 amide bonds. The molecule has 1 heterocycles. The molecule has 1 aromatic heterocycles. The summed E-state index contributed by atoms with van der Waals surface area (Å²) in [4.78, 5) is 19.2. The zero-order chi connectivity index (χ0) is 16.4. The molecule has 0 spiro atoms. The number of fused-ring (bicyclic) bond motifs is 1. The maximum atomic E-state index is 12.0. The van der Waals surface area contributed by atoms with Crippen LogP contribution in [0.2, 0.25) is 0 Å². The number of H-pyrrole nitrogens is 1. The number of nitrogens with zero attached hydrogens (tertiary/aromatic N) is 1. The van der Waals surface area contributed by atoms with E-state index in [0.717, 1.165) is 22.0 Å². The maximum Gasteiger partial charge on any atom is 0.253 e. The first kappa shape index (κ1) is 15.0. The monoisotopic (exact) mass is 306 g/mol. The molecule has 0 aliphatic rings. The van der Waals surface area contributed by atoms with Crippen molar-refractivity contribution in [3.63, 3.8) is 0 Å². The topological polar surface area (TPSA) is 65.5 Å². The fraction of sp³-hybridized carbons (Fsp3) is 0.158. The lowest BCUT2D eigenvalue weighted by molar-refractivity contribution is 0.475. The zero-order valence-corrected chi connectivity index (χ0v) is 13.1. The fourth-order valence-corrected chi connectivity index (χ4v) is 2.73. The molecule has 0 aliphatic carbocycles. The summed E-state index contributed by atoms with van der Waals surface area (Å²) in [5.74, 6) is 0.182. The first-order chi connectivity index (χ1) is 11.1. The second kappa shape index (κ2) is 6.08. The highest BCUT2D eigenvalue weighted by atomic mass is 16.3. The van der Waals surface area contributed by atoms with Crippen molar-refractivity contribution in [2.45, 2.75) is 20.4 Å². The van der Waals surface area contributed by atoms with Crippen molar-refractivity contribution < 1.29 is 5.11 Å². The standard InChI is InChI=1S/C19H18N2O2/c1-12-9-13(2)21-19(23)16(12)10-20-11-17-15-6-4-3-5-14(15)7-8-18(17)22/h3-9,11,22H,10H2,1-2H3,(H,21,23). The summed E-state index contributed by atoms with van der Waals surface area (Å²) in [5, 5.41) is 12.1. The Morgan fingerprint density at radius 3 is 2.74 bits per heavy atom. The summed E-state index contributed by atoms with van der Waals surface area (Å²) in [7, 11) is 0. The van der Waals surface area contributed by atoms with Crippen LogP contribution in [0.3, 0.4) is 0 Å². The van der Waals surface area contributed by atoms with Crippen LogP contribution < -0.4 is 5.56 Å². The largest absolute Gasteiger partial charge is 0.507 e. The number of phenols is 1. The number of nitrogens with one attached hydrogen (secondary N) is 1. The summed E-state index contributed by atoms with van der Waals surface area (Å²) in [6.45, 7) is 4.04. The molecule has 0 saturated heterocycles. The molecule has 0 fully saturated rings. The molecule has 0 saturated carbocycles. The Kier molecular flexibility index (Phi) is 3.98. The molecule has 23 heavy (non-hydrogen) atoms.